The molecule has 0 aromatic heterocycles. The van der Waals surface area contributed by atoms with Crippen molar-refractivity contribution in [1.29, 1.82) is 0 Å². The molecule has 4 nitrogen and oxygen atoms in total. The van der Waals surface area contributed by atoms with Crippen LogP contribution in [0.2, 0.25) is 0 Å². The molecule has 110 valence electrons. The lowest BCUT2D eigenvalue weighted by atomic mass is 9.89. The Kier molecular flexibility index (Phi) is 4.78. The highest BCUT2D eigenvalue weighted by molar-refractivity contribution is 9.10. The maximum absolute atomic E-state index is 13.2. The number of benzene rings is 1. The SMILES string of the molecule is CC(C(=O)O)(c1ccc(F)cc1Br)N1CCCNCC1. The van der Waals surface area contributed by atoms with E-state index in [2.05, 4.69) is 21.2 Å². The monoisotopic (exact) mass is 344 g/mol. The molecule has 2 N–H and O–H groups in total. The Bertz CT molecular complexity index is 504. The predicted octanol–water partition coefficient (Wildman–Crippen LogP) is 2.18. The van der Waals surface area contributed by atoms with E-state index in [1.165, 1.54) is 12.1 Å². The second-order valence-corrected chi connectivity index (χ2v) is 5.95. The molecule has 1 saturated heterocycles. The van der Waals surface area contributed by atoms with Crippen molar-refractivity contribution in [1.82, 2.24) is 10.2 Å². The van der Waals surface area contributed by atoms with Gasteiger partial charge in [-0.25, -0.2) is 9.18 Å². The summed E-state index contributed by atoms with van der Waals surface area (Å²) < 4.78 is 13.7. The molecular formula is C14H18BrFN2O2. The van der Waals surface area contributed by atoms with Crippen molar-refractivity contribution in [3.8, 4) is 0 Å². The first-order valence-electron chi connectivity index (χ1n) is 6.61. The number of nitrogens with zero attached hydrogens (tertiary/aromatic N) is 1. The Labute approximate surface area is 126 Å². The van der Waals surface area contributed by atoms with Gasteiger partial charge in [0.05, 0.1) is 0 Å². The summed E-state index contributed by atoms with van der Waals surface area (Å²) in [5.41, 5.74) is -0.591. The number of carboxylic acids is 1. The van der Waals surface area contributed by atoms with Crippen LogP contribution in [0.15, 0.2) is 22.7 Å². The van der Waals surface area contributed by atoms with E-state index in [9.17, 15) is 14.3 Å². The molecule has 0 radical (unpaired) electrons. The van der Waals surface area contributed by atoms with Gasteiger partial charge in [-0.05, 0) is 37.6 Å². The van der Waals surface area contributed by atoms with Crippen LogP contribution in [-0.4, -0.2) is 42.2 Å². The normalized spacial score (nSPS) is 20.1. The van der Waals surface area contributed by atoms with Crippen LogP contribution in [0.1, 0.15) is 18.9 Å². The van der Waals surface area contributed by atoms with Gasteiger partial charge in [0.25, 0.3) is 0 Å². The number of halogens is 2. The molecule has 6 heteroatoms. The molecule has 0 spiro atoms. The van der Waals surface area contributed by atoms with Crippen LogP contribution in [0.4, 0.5) is 4.39 Å². The van der Waals surface area contributed by atoms with Gasteiger partial charge in [-0.1, -0.05) is 22.0 Å². The first-order valence-corrected chi connectivity index (χ1v) is 7.40. The van der Waals surface area contributed by atoms with Gasteiger partial charge in [-0.3, -0.25) is 4.90 Å². The number of aliphatic carboxylic acids is 1. The fraction of sp³-hybridized carbons (Fsp3) is 0.500. The van der Waals surface area contributed by atoms with Gasteiger partial charge in [0.15, 0.2) is 0 Å². The molecule has 0 bridgehead atoms. The number of hydrogen-bond donors (Lipinski definition) is 2. The quantitative estimate of drug-likeness (QED) is 0.882. The smallest absolute Gasteiger partial charge is 0.328 e. The van der Waals surface area contributed by atoms with Gasteiger partial charge in [0.2, 0.25) is 0 Å². The molecule has 1 aromatic carbocycles. The van der Waals surface area contributed by atoms with Crippen LogP contribution in [0.3, 0.4) is 0 Å². The predicted molar refractivity (Wildman–Crippen MR) is 78.1 cm³/mol. The third kappa shape index (κ3) is 2.87. The summed E-state index contributed by atoms with van der Waals surface area (Å²) in [4.78, 5) is 13.8. The van der Waals surface area contributed by atoms with E-state index in [0.29, 0.717) is 23.1 Å². The van der Waals surface area contributed by atoms with Crippen molar-refractivity contribution < 1.29 is 14.3 Å². The van der Waals surface area contributed by atoms with E-state index in [-0.39, 0.29) is 5.82 Å². The minimum Gasteiger partial charge on any atom is -0.480 e. The van der Waals surface area contributed by atoms with Crippen molar-refractivity contribution in [3.63, 3.8) is 0 Å². The molecule has 1 atom stereocenters. The molecule has 1 aliphatic rings. The molecule has 0 saturated carbocycles. The molecule has 1 unspecified atom stereocenters. The lowest BCUT2D eigenvalue weighted by Gasteiger charge is -2.38. The molecule has 1 fully saturated rings. The number of hydrogen-bond acceptors (Lipinski definition) is 3. The van der Waals surface area contributed by atoms with Gasteiger partial charge >= 0.3 is 5.97 Å². The summed E-state index contributed by atoms with van der Waals surface area (Å²) in [6.07, 6.45) is 0.891. The highest BCUT2D eigenvalue weighted by Gasteiger charge is 2.42. The second kappa shape index (κ2) is 6.20. The van der Waals surface area contributed by atoms with Crippen LogP contribution in [0.25, 0.3) is 0 Å². The maximum atomic E-state index is 13.2. The lowest BCUT2D eigenvalue weighted by molar-refractivity contribution is -0.151. The Morgan fingerprint density at radius 1 is 1.45 bits per heavy atom. The number of nitrogens with one attached hydrogen (secondary N) is 1. The van der Waals surface area contributed by atoms with Crippen molar-refractivity contribution in [2.24, 2.45) is 0 Å². The zero-order valence-corrected chi connectivity index (χ0v) is 12.9. The fourth-order valence-corrected chi connectivity index (χ4v) is 3.33. The fourth-order valence-electron chi connectivity index (χ4n) is 2.60. The molecule has 1 heterocycles. The van der Waals surface area contributed by atoms with Crippen molar-refractivity contribution >= 4 is 21.9 Å². The molecular weight excluding hydrogens is 327 g/mol. The third-order valence-corrected chi connectivity index (χ3v) is 4.50. The largest absolute Gasteiger partial charge is 0.480 e. The standard InChI is InChI=1S/C14H18BrFN2O2/c1-14(13(19)20,18-7-2-5-17-6-8-18)11-4-3-10(16)9-12(11)15/h3-4,9,17H,2,5-8H2,1H3,(H,19,20). The first-order chi connectivity index (χ1) is 9.46. The zero-order valence-electron chi connectivity index (χ0n) is 11.3. The van der Waals surface area contributed by atoms with Crippen molar-refractivity contribution in [3.05, 3.63) is 34.1 Å². The van der Waals surface area contributed by atoms with Gasteiger partial charge in [-0.2, -0.15) is 0 Å². The third-order valence-electron chi connectivity index (χ3n) is 3.84. The Morgan fingerprint density at radius 2 is 2.20 bits per heavy atom. The van der Waals surface area contributed by atoms with E-state index in [1.54, 1.807) is 13.0 Å². The van der Waals surface area contributed by atoms with E-state index >= 15 is 0 Å². The Hall–Kier alpha value is -0.980. The van der Waals surface area contributed by atoms with E-state index in [0.717, 1.165) is 19.5 Å². The average Bonchev–Trinajstić information content (AvgIpc) is 2.66. The Morgan fingerprint density at radius 3 is 2.85 bits per heavy atom. The summed E-state index contributed by atoms with van der Waals surface area (Å²) >= 11 is 3.29. The first kappa shape index (κ1) is 15.4. The van der Waals surface area contributed by atoms with Gasteiger partial charge in [0, 0.05) is 24.1 Å². The molecule has 1 aliphatic heterocycles. The van der Waals surface area contributed by atoms with Crippen LogP contribution >= 0.6 is 15.9 Å². The van der Waals surface area contributed by atoms with Gasteiger partial charge in [-0.15, -0.1) is 0 Å². The zero-order chi connectivity index (χ0) is 14.8. The highest BCUT2D eigenvalue weighted by atomic mass is 79.9. The maximum Gasteiger partial charge on any atom is 0.328 e. The second-order valence-electron chi connectivity index (χ2n) is 5.09. The molecule has 1 aromatic rings. The van der Waals surface area contributed by atoms with Crippen LogP contribution in [-0.2, 0) is 10.3 Å². The van der Waals surface area contributed by atoms with Crippen LogP contribution in [0.5, 0.6) is 0 Å². The summed E-state index contributed by atoms with van der Waals surface area (Å²) in [7, 11) is 0. The van der Waals surface area contributed by atoms with Crippen molar-refractivity contribution in [2.75, 3.05) is 26.2 Å². The topological polar surface area (TPSA) is 52.6 Å². The van der Waals surface area contributed by atoms with Crippen LogP contribution in [0, 0.1) is 5.82 Å². The summed E-state index contributed by atoms with van der Waals surface area (Å²) in [5, 5.41) is 13.0. The minimum absolute atomic E-state index is 0.383. The number of carbonyl (C=O) groups is 1. The molecule has 2 rings (SSSR count). The molecule has 0 aliphatic carbocycles. The minimum atomic E-state index is -1.17. The number of carboxylic acid groups (broad SMARTS) is 1. The van der Waals surface area contributed by atoms with Crippen molar-refractivity contribution in [2.45, 2.75) is 18.9 Å². The van der Waals surface area contributed by atoms with Gasteiger partial charge < -0.3 is 10.4 Å². The Balaban J connectivity index is 2.44. The van der Waals surface area contributed by atoms with E-state index in [1.807, 2.05) is 4.90 Å². The van der Waals surface area contributed by atoms with E-state index < -0.39 is 11.5 Å². The molecule has 20 heavy (non-hydrogen) atoms. The summed E-state index contributed by atoms with van der Waals surface area (Å²) in [6, 6.07) is 4.16. The van der Waals surface area contributed by atoms with Crippen LogP contribution < -0.4 is 5.32 Å². The molecule has 0 amide bonds. The average molecular weight is 345 g/mol. The number of rotatable bonds is 3. The summed E-state index contributed by atoms with van der Waals surface area (Å²) in [5.74, 6) is -1.31. The van der Waals surface area contributed by atoms with Gasteiger partial charge in [0.1, 0.15) is 11.4 Å². The lowest BCUT2D eigenvalue weighted by Crippen LogP contribution is -2.51. The van der Waals surface area contributed by atoms with E-state index in [4.69, 9.17) is 0 Å². The summed E-state index contributed by atoms with van der Waals surface area (Å²) in [6.45, 7) is 4.66. The highest BCUT2D eigenvalue weighted by Crippen LogP contribution is 2.34.